The number of nitro benzene ring substituents is 1. The van der Waals surface area contributed by atoms with Gasteiger partial charge in [-0.3, -0.25) is 10.1 Å². The van der Waals surface area contributed by atoms with E-state index in [1.807, 2.05) is 12.1 Å². The number of hydrogen-bond donors (Lipinski definition) is 0. The first-order valence-corrected chi connectivity index (χ1v) is 5.52. The van der Waals surface area contributed by atoms with Crippen LogP contribution in [0.3, 0.4) is 0 Å². The molecule has 0 aliphatic heterocycles. The van der Waals surface area contributed by atoms with Gasteiger partial charge in [-0.15, -0.1) is 0 Å². The average molecular weight is 205 g/mol. The first-order valence-electron chi connectivity index (χ1n) is 5.52. The monoisotopic (exact) mass is 205 g/mol. The second-order valence-corrected chi connectivity index (χ2v) is 4.15. The van der Waals surface area contributed by atoms with Crippen molar-refractivity contribution in [3.8, 4) is 0 Å². The van der Waals surface area contributed by atoms with Gasteiger partial charge in [0.2, 0.25) is 0 Å². The fraction of sp³-hybridized carbons (Fsp3) is 0.500. The summed E-state index contributed by atoms with van der Waals surface area (Å²) in [5.74, 6) is 0.403. The minimum atomic E-state index is -0.260. The summed E-state index contributed by atoms with van der Waals surface area (Å²) in [7, 11) is 0. The molecule has 15 heavy (non-hydrogen) atoms. The molecule has 3 nitrogen and oxygen atoms in total. The highest BCUT2D eigenvalue weighted by atomic mass is 16.6. The van der Waals surface area contributed by atoms with Crippen LogP contribution in [0.5, 0.6) is 0 Å². The van der Waals surface area contributed by atoms with E-state index in [2.05, 4.69) is 0 Å². The van der Waals surface area contributed by atoms with Crippen LogP contribution in [0.25, 0.3) is 0 Å². The molecule has 1 aromatic rings. The van der Waals surface area contributed by atoms with Crippen molar-refractivity contribution < 1.29 is 4.92 Å². The Kier molecular flexibility index (Phi) is 2.99. The molecule has 0 bridgehead atoms. The Hall–Kier alpha value is -1.38. The van der Waals surface area contributed by atoms with Gasteiger partial charge in [-0.05, 0) is 18.8 Å². The second-order valence-electron chi connectivity index (χ2n) is 4.15. The highest BCUT2D eigenvalue weighted by Gasteiger charge is 2.22. The summed E-state index contributed by atoms with van der Waals surface area (Å²) in [6.07, 6.45) is 5.89. The zero-order valence-corrected chi connectivity index (χ0v) is 8.69. The molecule has 1 saturated carbocycles. The van der Waals surface area contributed by atoms with Crippen LogP contribution in [0.1, 0.15) is 43.6 Å². The number of benzene rings is 1. The Morgan fingerprint density at radius 2 is 1.80 bits per heavy atom. The molecule has 0 spiro atoms. The predicted molar refractivity (Wildman–Crippen MR) is 58.9 cm³/mol. The molecular formula is C12H15NO2. The highest BCUT2D eigenvalue weighted by molar-refractivity contribution is 5.42. The summed E-state index contributed by atoms with van der Waals surface area (Å²) in [4.78, 5) is 10.6. The smallest absolute Gasteiger partial charge is 0.258 e. The van der Waals surface area contributed by atoms with E-state index in [4.69, 9.17) is 0 Å². The highest BCUT2D eigenvalue weighted by Crippen LogP contribution is 2.36. The molecule has 0 aromatic heterocycles. The van der Waals surface area contributed by atoms with Crippen molar-refractivity contribution in [2.75, 3.05) is 0 Å². The van der Waals surface area contributed by atoms with Gasteiger partial charge in [0.1, 0.15) is 0 Å². The SMILES string of the molecule is O=[N+]([O-])c1ccccc1C1CCCCC1. The Morgan fingerprint density at radius 1 is 1.13 bits per heavy atom. The lowest BCUT2D eigenvalue weighted by Crippen LogP contribution is -2.06. The molecule has 1 aliphatic carbocycles. The molecule has 1 fully saturated rings. The van der Waals surface area contributed by atoms with Crippen molar-refractivity contribution in [1.29, 1.82) is 0 Å². The lowest BCUT2D eigenvalue weighted by atomic mass is 9.83. The molecule has 0 saturated heterocycles. The number of nitro groups is 1. The van der Waals surface area contributed by atoms with E-state index in [1.165, 1.54) is 19.3 Å². The molecule has 2 rings (SSSR count). The maximum atomic E-state index is 10.9. The summed E-state index contributed by atoms with van der Waals surface area (Å²) < 4.78 is 0. The molecular weight excluding hydrogens is 190 g/mol. The fourth-order valence-electron chi connectivity index (χ4n) is 2.41. The van der Waals surface area contributed by atoms with Gasteiger partial charge in [0.05, 0.1) is 4.92 Å². The van der Waals surface area contributed by atoms with E-state index in [9.17, 15) is 10.1 Å². The standard InChI is InChI=1S/C12H15NO2/c14-13(15)12-9-5-4-8-11(12)10-6-2-1-3-7-10/h4-5,8-10H,1-3,6-7H2. The maximum Gasteiger partial charge on any atom is 0.272 e. The largest absolute Gasteiger partial charge is 0.272 e. The third kappa shape index (κ3) is 2.17. The van der Waals surface area contributed by atoms with Gasteiger partial charge < -0.3 is 0 Å². The lowest BCUT2D eigenvalue weighted by Gasteiger charge is -2.21. The van der Waals surface area contributed by atoms with Crippen LogP contribution in [0.4, 0.5) is 5.69 Å². The summed E-state index contributed by atoms with van der Waals surface area (Å²) in [6.45, 7) is 0. The minimum absolute atomic E-state index is 0.260. The first-order chi connectivity index (χ1) is 7.29. The maximum absolute atomic E-state index is 10.9. The van der Waals surface area contributed by atoms with Gasteiger partial charge in [-0.2, -0.15) is 0 Å². The predicted octanol–water partition coefficient (Wildman–Crippen LogP) is 3.64. The van der Waals surface area contributed by atoms with Crippen molar-refractivity contribution in [2.45, 2.75) is 38.0 Å². The van der Waals surface area contributed by atoms with Crippen molar-refractivity contribution in [2.24, 2.45) is 0 Å². The molecule has 0 N–H and O–H groups in total. The van der Waals surface area contributed by atoms with Crippen LogP contribution in [-0.2, 0) is 0 Å². The van der Waals surface area contributed by atoms with Gasteiger partial charge in [0, 0.05) is 11.6 Å². The van der Waals surface area contributed by atoms with Crippen molar-refractivity contribution in [3.63, 3.8) is 0 Å². The summed E-state index contributed by atoms with van der Waals surface area (Å²) >= 11 is 0. The first kappa shape index (κ1) is 10.1. The normalized spacial score (nSPS) is 17.6. The van der Waals surface area contributed by atoms with E-state index in [0.29, 0.717) is 11.6 Å². The Labute approximate surface area is 89.3 Å². The third-order valence-corrected chi connectivity index (χ3v) is 3.18. The number of rotatable bonds is 2. The zero-order valence-electron chi connectivity index (χ0n) is 8.69. The van der Waals surface area contributed by atoms with Crippen LogP contribution >= 0.6 is 0 Å². The topological polar surface area (TPSA) is 43.1 Å². The average Bonchev–Trinajstić information content (AvgIpc) is 2.30. The van der Waals surface area contributed by atoms with Crippen LogP contribution in [0, 0.1) is 10.1 Å². The quantitative estimate of drug-likeness (QED) is 0.546. The van der Waals surface area contributed by atoms with Crippen LogP contribution in [0.2, 0.25) is 0 Å². The second kappa shape index (κ2) is 4.43. The summed E-state index contributed by atoms with van der Waals surface area (Å²) in [6, 6.07) is 7.17. The van der Waals surface area contributed by atoms with Crippen molar-refractivity contribution in [3.05, 3.63) is 39.9 Å². The number of para-hydroxylation sites is 1. The van der Waals surface area contributed by atoms with Crippen molar-refractivity contribution in [1.82, 2.24) is 0 Å². The molecule has 0 atom stereocenters. The molecule has 80 valence electrons. The summed E-state index contributed by atoms with van der Waals surface area (Å²) in [5, 5.41) is 10.9. The van der Waals surface area contributed by atoms with E-state index in [-0.39, 0.29) is 4.92 Å². The van der Waals surface area contributed by atoms with Gasteiger partial charge in [-0.25, -0.2) is 0 Å². The van der Waals surface area contributed by atoms with E-state index >= 15 is 0 Å². The minimum Gasteiger partial charge on any atom is -0.258 e. The van der Waals surface area contributed by atoms with E-state index < -0.39 is 0 Å². The molecule has 1 aromatic carbocycles. The van der Waals surface area contributed by atoms with E-state index in [0.717, 1.165) is 18.4 Å². The Balaban J connectivity index is 2.29. The van der Waals surface area contributed by atoms with E-state index in [1.54, 1.807) is 12.1 Å². The fourth-order valence-corrected chi connectivity index (χ4v) is 2.41. The molecule has 0 radical (unpaired) electrons. The summed E-state index contributed by atoms with van der Waals surface area (Å²) in [5.41, 5.74) is 1.23. The molecule has 1 aliphatic rings. The zero-order chi connectivity index (χ0) is 10.7. The third-order valence-electron chi connectivity index (χ3n) is 3.18. The molecule has 0 unspecified atom stereocenters. The van der Waals surface area contributed by atoms with Crippen LogP contribution in [-0.4, -0.2) is 4.92 Å². The molecule has 3 heteroatoms. The Bertz CT molecular complexity index is 356. The van der Waals surface area contributed by atoms with Gasteiger partial charge in [0.25, 0.3) is 5.69 Å². The van der Waals surface area contributed by atoms with Crippen molar-refractivity contribution >= 4 is 5.69 Å². The number of nitrogens with zero attached hydrogens (tertiary/aromatic N) is 1. The molecule has 0 heterocycles. The van der Waals surface area contributed by atoms with Gasteiger partial charge >= 0.3 is 0 Å². The van der Waals surface area contributed by atoms with Gasteiger partial charge in [0.15, 0.2) is 0 Å². The lowest BCUT2D eigenvalue weighted by molar-refractivity contribution is -0.385. The van der Waals surface area contributed by atoms with Crippen LogP contribution in [0.15, 0.2) is 24.3 Å². The molecule has 0 amide bonds. The van der Waals surface area contributed by atoms with Gasteiger partial charge in [-0.1, -0.05) is 37.5 Å². The Morgan fingerprint density at radius 3 is 2.47 bits per heavy atom. The number of hydrogen-bond acceptors (Lipinski definition) is 2. The van der Waals surface area contributed by atoms with Crippen LogP contribution < -0.4 is 0 Å².